The standard InChI is InChI=1S/C16H22N2S/c1-13-3-2-4-14(11-13)5-7-16(18-17)8-6-15-9-10-19-12-15/h2-4,9-12,16,18H,5-8,17H2,1H3. The Bertz CT molecular complexity index is 479. The van der Waals surface area contributed by atoms with E-state index in [1.54, 1.807) is 11.3 Å². The highest BCUT2D eigenvalue weighted by Crippen LogP contribution is 2.13. The van der Waals surface area contributed by atoms with Crippen LogP contribution in [0.3, 0.4) is 0 Å². The molecule has 2 rings (SSSR count). The van der Waals surface area contributed by atoms with E-state index < -0.39 is 0 Å². The maximum Gasteiger partial charge on any atom is 0.0216 e. The lowest BCUT2D eigenvalue weighted by Gasteiger charge is -2.15. The lowest BCUT2D eigenvalue weighted by molar-refractivity contribution is 0.464. The minimum atomic E-state index is 0.389. The molecule has 0 aliphatic rings. The van der Waals surface area contributed by atoms with E-state index in [0.717, 1.165) is 25.7 Å². The normalized spacial score (nSPS) is 12.5. The fourth-order valence-corrected chi connectivity index (χ4v) is 3.00. The first-order valence-corrected chi connectivity index (χ1v) is 7.75. The number of rotatable bonds is 7. The summed E-state index contributed by atoms with van der Waals surface area (Å²) in [6.07, 6.45) is 4.37. The van der Waals surface area contributed by atoms with Crippen molar-refractivity contribution in [3.63, 3.8) is 0 Å². The summed E-state index contributed by atoms with van der Waals surface area (Å²) in [7, 11) is 0. The van der Waals surface area contributed by atoms with Gasteiger partial charge in [0.25, 0.3) is 0 Å². The highest BCUT2D eigenvalue weighted by atomic mass is 32.1. The molecule has 0 saturated carbocycles. The number of aryl methyl sites for hydroxylation is 3. The van der Waals surface area contributed by atoms with E-state index in [1.165, 1.54) is 16.7 Å². The molecule has 0 saturated heterocycles. The van der Waals surface area contributed by atoms with E-state index in [9.17, 15) is 0 Å². The number of hydrogen-bond acceptors (Lipinski definition) is 3. The van der Waals surface area contributed by atoms with Crippen LogP contribution in [0.1, 0.15) is 29.5 Å². The molecule has 102 valence electrons. The van der Waals surface area contributed by atoms with E-state index in [2.05, 4.69) is 53.4 Å². The van der Waals surface area contributed by atoms with Gasteiger partial charge in [-0.25, -0.2) is 0 Å². The van der Waals surface area contributed by atoms with Crippen molar-refractivity contribution < 1.29 is 0 Å². The first-order valence-electron chi connectivity index (χ1n) is 6.80. The van der Waals surface area contributed by atoms with Crippen molar-refractivity contribution in [2.75, 3.05) is 0 Å². The van der Waals surface area contributed by atoms with Crippen LogP contribution in [0, 0.1) is 6.92 Å². The first-order chi connectivity index (χ1) is 9.28. The predicted molar refractivity (Wildman–Crippen MR) is 83.3 cm³/mol. The summed E-state index contributed by atoms with van der Waals surface area (Å²) in [5.41, 5.74) is 7.10. The molecule has 3 heteroatoms. The summed E-state index contributed by atoms with van der Waals surface area (Å²) >= 11 is 1.76. The third kappa shape index (κ3) is 4.78. The van der Waals surface area contributed by atoms with Crippen LogP contribution in [0.25, 0.3) is 0 Å². The highest BCUT2D eigenvalue weighted by molar-refractivity contribution is 7.07. The van der Waals surface area contributed by atoms with Gasteiger partial charge in [0.2, 0.25) is 0 Å². The van der Waals surface area contributed by atoms with Crippen molar-refractivity contribution in [2.24, 2.45) is 5.84 Å². The van der Waals surface area contributed by atoms with Gasteiger partial charge in [0.05, 0.1) is 0 Å². The molecular formula is C16H22N2S. The Hall–Kier alpha value is -1.16. The Labute approximate surface area is 119 Å². The van der Waals surface area contributed by atoms with Crippen LogP contribution in [0.15, 0.2) is 41.1 Å². The van der Waals surface area contributed by atoms with E-state index in [-0.39, 0.29) is 0 Å². The molecule has 1 heterocycles. The van der Waals surface area contributed by atoms with Gasteiger partial charge < -0.3 is 0 Å². The van der Waals surface area contributed by atoms with Crippen LogP contribution in [0.2, 0.25) is 0 Å². The predicted octanol–water partition coefficient (Wildman–Crippen LogP) is 3.45. The summed E-state index contributed by atoms with van der Waals surface area (Å²) in [4.78, 5) is 0. The summed E-state index contributed by atoms with van der Waals surface area (Å²) in [6, 6.07) is 11.3. The highest BCUT2D eigenvalue weighted by Gasteiger charge is 2.07. The van der Waals surface area contributed by atoms with Crippen molar-refractivity contribution in [2.45, 2.75) is 38.6 Å². The van der Waals surface area contributed by atoms with Gasteiger partial charge in [0, 0.05) is 6.04 Å². The molecule has 1 aromatic carbocycles. The lowest BCUT2D eigenvalue weighted by Crippen LogP contribution is -2.35. The molecule has 2 aromatic rings. The minimum absolute atomic E-state index is 0.389. The van der Waals surface area contributed by atoms with E-state index in [0.29, 0.717) is 6.04 Å². The maximum atomic E-state index is 5.66. The van der Waals surface area contributed by atoms with Crippen LogP contribution < -0.4 is 11.3 Å². The molecule has 19 heavy (non-hydrogen) atoms. The van der Waals surface area contributed by atoms with Gasteiger partial charge in [-0.3, -0.25) is 11.3 Å². The maximum absolute atomic E-state index is 5.66. The van der Waals surface area contributed by atoms with Crippen molar-refractivity contribution in [1.82, 2.24) is 5.43 Å². The van der Waals surface area contributed by atoms with Crippen molar-refractivity contribution in [3.8, 4) is 0 Å². The molecule has 0 fully saturated rings. The van der Waals surface area contributed by atoms with E-state index in [4.69, 9.17) is 5.84 Å². The molecule has 1 unspecified atom stereocenters. The second kappa shape index (κ2) is 7.43. The van der Waals surface area contributed by atoms with Gasteiger partial charge in [-0.1, -0.05) is 29.8 Å². The van der Waals surface area contributed by atoms with Gasteiger partial charge in [0.15, 0.2) is 0 Å². The van der Waals surface area contributed by atoms with E-state index >= 15 is 0 Å². The molecule has 0 aliphatic carbocycles. The fourth-order valence-electron chi connectivity index (χ4n) is 2.30. The number of hydrogen-bond donors (Lipinski definition) is 2. The molecule has 1 aromatic heterocycles. The zero-order chi connectivity index (χ0) is 13.5. The molecule has 3 N–H and O–H groups in total. The van der Waals surface area contributed by atoms with Crippen LogP contribution in [-0.2, 0) is 12.8 Å². The Balaban J connectivity index is 1.79. The molecule has 0 amide bonds. The first kappa shape index (κ1) is 14.3. The average molecular weight is 274 g/mol. The smallest absolute Gasteiger partial charge is 0.0216 e. The summed E-state index contributed by atoms with van der Waals surface area (Å²) in [5, 5.41) is 4.35. The van der Waals surface area contributed by atoms with E-state index in [1.807, 2.05) is 0 Å². The van der Waals surface area contributed by atoms with Gasteiger partial charge in [-0.05, 0) is 60.6 Å². The average Bonchev–Trinajstić information content (AvgIpc) is 2.92. The Morgan fingerprint density at radius 1 is 1.16 bits per heavy atom. The number of nitrogens with one attached hydrogen (secondary N) is 1. The number of nitrogens with two attached hydrogens (primary N) is 1. The lowest BCUT2D eigenvalue weighted by atomic mass is 10.00. The van der Waals surface area contributed by atoms with Crippen LogP contribution >= 0.6 is 11.3 Å². The Kier molecular flexibility index (Phi) is 5.58. The fraction of sp³-hybridized carbons (Fsp3) is 0.375. The SMILES string of the molecule is Cc1cccc(CCC(CCc2ccsc2)NN)c1. The number of benzene rings is 1. The van der Waals surface area contributed by atoms with Crippen molar-refractivity contribution in [1.29, 1.82) is 0 Å². The number of hydrazine groups is 1. The van der Waals surface area contributed by atoms with Crippen LogP contribution in [0.5, 0.6) is 0 Å². The zero-order valence-corrected chi connectivity index (χ0v) is 12.2. The van der Waals surface area contributed by atoms with Crippen molar-refractivity contribution in [3.05, 3.63) is 57.8 Å². The topological polar surface area (TPSA) is 38.0 Å². The summed E-state index contributed by atoms with van der Waals surface area (Å²) in [6.45, 7) is 2.14. The Morgan fingerprint density at radius 3 is 2.58 bits per heavy atom. The number of thiophene rings is 1. The Morgan fingerprint density at radius 2 is 1.95 bits per heavy atom. The third-order valence-corrected chi connectivity index (χ3v) is 4.19. The van der Waals surface area contributed by atoms with Gasteiger partial charge >= 0.3 is 0 Å². The summed E-state index contributed by atoms with van der Waals surface area (Å²) < 4.78 is 0. The van der Waals surface area contributed by atoms with Crippen LogP contribution in [-0.4, -0.2) is 6.04 Å². The van der Waals surface area contributed by atoms with Gasteiger partial charge in [-0.15, -0.1) is 0 Å². The second-order valence-electron chi connectivity index (χ2n) is 5.06. The quantitative estimate of drug-likeness (QED) is 0.599. The molecule has 0 spiro atoms. The molecule has 0 radical (unpaired) electrons. The minimum Gasteiger partial charge on any atom is -0.271 e. The zero-order valence-electron chi connectivity index (χ0n) is 11.4. The van der Waals surface area contributed by atoms with Crippen molar-refractivity contribution >= 4 is 11.3 Å². The molecular weight excluding hydrogens is 252 g/mol. The third-order valence-electron chi connectivity index (χ3n) is 3.46. The second-order valence-corrected chi connectivity index (χ2v) is 5.84. The van der Waals surface area contributed by atoms with Gasteiger partial charge in [-0.2, -0.15) is 11.3 Å². The monoisotopic (exact) mass is 274 g/mol. The molecule has 0 bridgehead atoms. The largest absolute Gasteiger partial charge is 0.271 e. The molecule has 2 nitrogen and oxygen atoms in total. The summed E-state index contributed by atoms with van der Waals surface area (Å²) in [5.74, 6) is 5.66. The molecule has 0 aliphatic heterocycles. The molecule has 1 atom stereocenters. The van der Waals surface area contributed by atoms with Gasteiger partial charge in [0.1, 0.15) is 0 Å². The van der Waals surface area contributed by atoms with Crippen LogP contribution in [0.4, 0.5) is 0 Å².